The van der Waals surface area contributed by atoms with Gasteiger partial charge in [-0.05, 0) is 18.1 Å². The summed E-state index contributed by atoms with van der Waals surface area (Å²) in [4.78, 5) is 24.2. The van der Waals surface area contributed by atoms with Crippen LogP contribution in [0, 0.1) is 11.8 Å². The molecule has 0 unspecified atom stereocenters. The molecule has 18 heavy (non-hydrogen) atoms. The summed E-state index contributed by atoms with van der Waals surface area (Å²) < 4.78 is 0. The predicted molar refractivity (Wildman–Crippen MR) is 67.2 cm³/mol. The van der Waals surface area contributed by atoms with E-state index in [-0.39, 0.29) is 11.8 Å². The molecular weight excluding hydrogens is 254 g/mol. The third-order valence-corrected chi connectivity index (χ3v) is 3.54. The van der Waals surface area contributed by atoms with E-state index in [4.69, 9.17) is 16.7 Å². The number of carboxylic acid groups (broad SMARTS) is 1. The van der Waals surface area contributed by atoms with Crippen LogP contribution in [0.4, 0.5) is 0 Å². The predicted octanol–water partition coefficient (Wildman–Crippen LogP) is 2.02. The molecule has 0 aliphatic heterocycles. The lowest BCUT2D eigenvalue weighted by Crippen LogP contribution is -2.28. The van der Waals surface area contributed by atoms with Crippen LogP contribution in [0.3, 0.4) is 0 Å². The van der Waals surface area contributed by atoms with Gasteiger partial charge in [-0.25, -0.2) is 0 Å². The second-order valence-corrected chi connectivity index (χ2v) is 4.98. The maximum absolute atomic E-state index is 12.0. The van der Waals surface area contributed by atoms with Crippen molar-refractivity contribution in [2.45, 2.75) is 13.0 Å². The Hall–Kier alpha value is -1.55. The summed E-state index contributed by atoms with van der Waals surface area (Å²) in [5.41, 5.74) is 0.863. The van der Waals surface area contributed by atoms with Gasteiger partial charge in [-0.15, -0.1) is 0 Å². The van der Waals surface area contributed by atoms with Crippen molar-refractivity contribution < 1.29 is 14.7 Å². The molecule has 1 saturated carbocycles. The normalized spacial score (nSPS) is 21.4. The van der Waals surface area contributed by atoms with Crippen molar-refractivity contribution in [1.82, 2.24) is 4.90 Å². The standard InChI is InChI=1S/C13H14ClNO3/c1-15(7-8-4-2-3-5-11(8)14)12(16)9-6-10(9)13(17)18/h2-5,9-10H,6-7H2,1H3,(H,17,18)/t9-,10-/m1/s1. The first-order valence-electron chi connectivity index (χ1n) is 5.72. The van der Waals surface area contributed by atoms with Crippen molar-refractivity contribution in [3.8, 4) is 0 Å². The van der Waals surface area contributed by atoms with Crippen molar-refractivity contribution in [1.29, 1.82) is 0 Å². The first kappa shape index (κ1) is 12.9. The zero-order chi connectivity index (χ0) is 13.3. The first-order valence-corrected chi connectivity index (χ1v) is 6.09. The van der Waals surface area contributed by atoms with Gasteiger partial charge in [0.1, 0.15) is 0 Å². The molecule has 1 aromatic rings. The number of amides is 1. The number of carbonyl (C=O) groups excluding carboxylic acids is 1. The number of halogens is 1. The highest BCUT2D eigenvalue weighted by molar-refractivity contribution is 6.31. The molecule has 2 atom stereocenters. The molecule has 0 spiro atoms. The van der Waals surface area contributed by atoms with Crippen LogP contribution in [0.25, 0.3) is 0 Å². The molecule has 1 amide bonds. The molecule has 96 valence electrons. The maximum Gasteiger partial charge on any atom is 0.307 e. The third kappa shape index (κ3) is 2.64. The monoisotopic (exact) mass is 267 g/mol. The number of rotatable bonds is 4. The Morgan fingerprint density at radius 1 is 1.39 bits per heavy atom. The summed E-state index contributed by atoms with van der Waals surface area (Å²) in [5, 5.41) is 9.41. The fourth-order valence-electron chi connectivity index (χ4n) is 1.98. The second kappa shape index (κ2) is 4.98. The van der Waals surface area contributed by atoms with Crippen LogP contribution in [-0.4, -0.2) is 28.9 Å². The molecule has 4 nitrogen and oxygen atoms in total. The molecule has 0 heterocycles. The van der Waals surface area contributed by atoms with Crippen molar-refractivity contribution >= 4 is 23.5 Å². The fourth-order valence-corrected chi connectivity index (χ4v) is 2.18. The lowest BCUT2D eigenvalue weighted by atomic mass is 10.2. The maximum atomic E-state index is 12.0. The van der Waals surface area contributed by atoms with E-state index in [9.17, 15) is 9.59 Å². The minimum absolute atomic E-state index is 0.123. The van der Waals surface area contributed by atoms with E-state index in [0.717, 1.165) is 5.56 Å². The second-order valence-electron chi connectivity index (χ2n) is 4.57. The minimum Gasteiger partial charge on any atom is -0.481 e. The Kier molecular flexibility index (Phi) is 3.57. The van der Waals surface area contributed by atoms with Crippen LogP contribution < -0.4 is 0 Å². The highest BCUT2D eigenvalue weighted by Gasteiger charge is 2.49. The van der Waals surface area contributed by atoms with E-state index in [1.54, 1.807) is 13.1 Å². The minimum atomic E-state index is -0.889. The Balaban J connectivity index is 1.97. The lowest BCUT2D eigenvalue weighted by molar-refractivity contribution is -0.141. The van der Waals surface area contributed by atoms with Crippen LogP contribution in [0.1, 0.15) is 12.0 Å². The van der Waals surface area contributed by atoms with Gasteiger partial charge in [0.2, 0.25) is 5.91 Å². The molecule has 0 bridgehead atoms. The summed E-state index contributed by atoms with van der Waals surface area (Å²) >= 11 is 6.02. The van der Waals surface area contributed by atoms with E-state index in [2.05, 4.69) is 0 Å². The summed E-state index contributed by atoms with van der Waals surface area (Å²) in [7, 11) is 1.67. The van der Waals surface area contributed by atoms with E-state index in [1.807, 2.05) is 18.2 Å². The number of aliphatic carboxylic acids is 1. The van der Waals surface area contributed by atoms with Gasteiger partial charge in [-0.2, -0.15) is 0 Å². The first-order chi connectivity index (χ1) is 8.50. The summed E-state index contributed by atoms with van der Waals surface area (Å²) in [6, 6.07) is 7.31. The number of hydrogen-bond donors (Lipinski definition) is 1. The zero-order valence-electron chi connectivity index (χ0n) is 9.97. The van der Waals surface area contributed by atoms with E-state index < -0.39 is 11.9 Å². The quantitative estimate of drug-likeness (QED) is 0.908. The molecule has 1 fully saturated rings. The number of carbonyl (C=O) groups is 2. The number of carboxylic acids is 1. The van der Waals surface area contributed by atoms with E-state index in [0.29, 0.717) is 18.0 Å². The van der Waals surface area contributed by atoms with Gasteiger partial charge in [0, 0.05) is 18.6 Å². The van der Waals surface area contributed by atoms with Crippen molar-refractivity contribution in [3.63, 3.8) is 0 Å². The fraction of sp³-hybridized carbons (Fsp3) is 0.385. The molecule has 1 aliphatic rings. The smallest absolute Gasteiger partial charge is 0.307 e. The van der Waals surface area contributed by atoms with Gasteiger partial charge < -0.3 is 10.0 Å². The van der Waals surface area contributed by atoms with Crippen LogP contribution >= 0.6 is 11.6 Å². The number of hydrogen-bond acceptors (Lipinski definition) is 2. The summed E-state index contributed by atoms with van der Waals surface area (Å²) in [5.74, 6) is -1.89. The third-order valence-electron chi connectivity index (χ3n) is 3.17. The molecule has 1 aliphatic carbocycles. The van der Waals surface area contributed by atoms with E-state index >= 15 is 0 Å². The molecule has 0 aromatic heterocycles. The molecule has 2 rings (SSSR count). The van der Waals surface area contributed by atoms with Gasteiger partial charge in [-0.1, -0.05) is 29.8 Å². The van der Waals surface area contributed by atoms with E-state index in [1.165, 1.54) is 4.90 Å². The largest absolute Gasteiger partial charge is 0.481 e. The molecule has 0 radical (unpaired) electrons. The van der Waals surface area contributed by atoms with Crippen LogP contribution in [0.15, 0.2) is 24.3 Å². The van der Waals surface area contributed by atoms with Gasteiger partial charge in [0.05, 0.1) is 11.8 Å². The zero-order valence-corrected chi connectivity index (χ0v) is 10.7. The van der Waals surface area contributed by atoms with Crippen LogP contribution in [0.5, 0.6) is 0 Å². The molecule has 0 saturated heterocycles. The van der Waals surface area contributed by atoms with Crippen molar-refractivity contribution in [2.75, 3.05) is 7.05 Å². The SMILES string of the molecule is CN(Cc1ccccc1Cl)C(=O)[C@@H]1C[C@H]1C(=O)O. The Bertz CT molecular complexity index is 489. The van der Waals surface area contributed by atoms with Gasteiger partial charge >= 0.3 is 5.97 Å². The van der Waals surface area contributed by atoms with Crippen LogP contribution in [0.2, 0.25) is 5.02 Å². The average molecular weight is 268 g/mol. The van der Waals surface area contributed by atoms with Crippen LogP contribution in [-0.2, 0) is 16.1 Å². The van der Waals surface area contributed by atoms with Gasteiger partial charge in [-0.3, -0.25) is 9.59 Å². The Morgan fingerprint density at radius 2 is 2.06 bits per heavy atom. The lowest BCUT2D eigenvalue weighted by Gasteiger charge is -2.17. The summed E-state index contributed by atoms with van der Waals surface area (Å²) in [6.45, 7) is 0.404. The highest BCUT2D eigenvalue weighted by Crippen LogP contribution is 2.40. The summed E-state index contributed by atoms with van der Waals surface area (Å²) in [6.07, 6.45) is 0.445. The van der Waals surface area contributed by atoms with Crippen molar-refractivity contribution in [2.24, 2.45) is 11.8 Å². The molecule has 5 heteroatoms. The molecular formula is C13H14ClNO3. The number of nitrogens with zero attached hydrogens (tertiary/aromatic N) is 1. The average Bonchev–Trinajstić information content (AvgIpc) is 3.11. The number of benzene rings is 1. The highest BCUT2D eigenvalue weighted by atomic mass is 35.5. The van der Waals surface area contributed by atoms with Crippen molar-refractivity contribution in [3.05, 3.63) is 34.9 Å². The topological polar surface area (TPSA) is 57.6 Å². The Morgan fingerprint density at radius 3 is 2.61 bits per heavy atom. The Labute approximate surface area is 110 Å². The molecule has 1 N–H and O–H groups in total. The van der Waals surface area contributed by atoms with Gasteiger partial charge in [0.15, 0.2) is 0 Å². The van der Waals surface area contributed by atoms with Gasteiger partial charge in [0.25, 0.3) is 0 Å². The molecule has 1 aromatic carbocycles.